The maximum atomic E-state index is 13.3. The molecule has 4 aromatic carbocycles. The number of amides is 3. The van der Waals surface area contributed by atoms with Gasteiger partial charge in [-0.15, -0.1) is 0 Å². The largest absolute Gasteiger partial charge is 0.496 e. The molecule has 0 radical (unpaired) electrons. The van der Waals surface area contributed by atoms with Crippen LogP contribution >= 0.6 is 0 Å². The molecule has 0 aliphatic carbocycles. The van der Waals surface area contributed by atoms with Crippen molar-refractivity contribution in [2.24, 2.45) is 0 Å². The molecule has 15 heteroatoms. The van der Waals surface area contributed by atoms with E-state index in [4.69, 9.17) is 9.47 Å². The van der Waals surface area contributed by atoms with Crippen LogP contribution in [-0.4, -0.2) is 94.8 Å². The van der Waals surface area contributed by atoms with Crippen LogP contribution in [0.25, 0.3) is 10.8 Å². The van der Waals surface area contributed by atoms with Gasteiger partial charge in [0.25, 0.3) is 5.91 Å². The van der Waals surface area contributed by atoms with E-state index >= 15 is 0 Å². The molecule has 0 unspecified atom stereocenters. The first-order valence-electron chi connectivity index (χ1n) is 18.6. The number of piperazine rings is 1. The van der Waals surface area contributed by atoms with E-state index in [0.29, 0.717) is 57.9 Å². The summed E-state index contributed by atoms with van der Waals surface area (Å²) >= 11 is 0. The summed E-state index contributed by atoms with van der Waals surface area (Å²) in [6.07, 6.45) is 2.71. The molecule has 0 spiro atoms. The Morgan fingerprint density at radius 3 is 2.28 bits per heavy atom. The van der Waals surface area contributed by atoms with Crippen molar-refractivity contribution in [1.29, 1.82) is 0 Å². The fourth-order valence-corrected chi connectivity index (χ4v) is 6.97. The molecule has 1 aliphatic rings. The first-order valence-corrected chi connectivity index (χ1v) is 20.5. The van der Waals surface area contributed by atoms with Gasteiger partial charge in [-0.2, -0.15) is 0 Å². The van der Waals surface area contributed by atoms with Crippen molar-refractivity contribution in [3.8, 4) is 17.2 Å². The molecular weight excluding hydrogens is 745 g/mol. The molecule has 1 aliphatic heterocycles. The van der Waals surface area contributed by atoms with Gasteiger partial charge in [0.1, 0.15) is 23.1 Å². The highest BCUT2D eigenvalue weighted by Crippen LogP contribution is 2.36. The number of anilines is 5. The van der Waals surface area contributed by atoms with Crippen molar-refractivity contribution in [3.63, 3.8) is 0 Å². The predicted octanol–water partition coefficient (Wildman–Crippen LogP) is 7.07. The molecule has 6 rings (SSSR count). The second-order valence-electron chi connectivity index (χ2n) is 15.1. The van der Waals surface area contributed by atoms with Crippen molar-refractivity contribution in [2.75, 3.05) is 80.4 Å². The molecule has 2 heterocycles. The number of urea groups is 1. The number of fused-ring (bicyclic) bond motifs is 1. The van der Waals surface area contributed by atoms with Crippen LogP contribution in [0.15, 0.2) is 91.1 Å². The van der Waals surface area contributed by atoms with Gasteiger partial charge in [0.05, 0.1) is 30.3 Å². The number of carbonyl (C=O) groups is 2. The van der Waals surface area contributed by atoms with E-state index in [0.717, 1.165) is 55.3 Å². The third-order valence-corrected chi connectivity index (χ3v) is 10.1. The summed E-state index contributed by atoms with van der Waals surface area (Å²) in [5.41, 5.74) is 3.00. The first-order chi connectivity index (χ1) is 27.1. The monoisotopic (exact) mass is 794 g/mol. The lowest BCUT2D eigenvalue weighted by atomic mass is 9.86. The van der Waals surface area contributed by atoms with E-state index in [2.05, 4.69) is 47.8 Å². The molecule has 0 saturated carbocycles. The number of carbonyl (C=O) groups excluding carboxylic acids is 2. The van der Waals surface area contributed by atoms with Gasteiger partial charge in [-0.05, 0) is 66.6 Å². The number of likely N-dealkylation sites (N-methyl/N-ethyl adjacent to an activating group) is 1. The Labute approximate surface area is 334 Å². The zero-order valence-corrected chi connectivity index (χ0v) is 33.9. The van der Waals surface area contributed by atoms with Gasteiger partial charge in [0, 0.05) is 79.7 Å². The van der Waals surface area contributed by atoms with Crippen molar-refractivity contribution in [2.45, 2.75) is 26.2 Å². The summed E-state index contributed by atoms with van der Waals surface area (Å²) < 4.78 is 38.4. The van der Waals surface area contributed by atoms with Crippen LogP contribution in [0.5, 0.6) is 17.2 Å². The molecule has 57 heavy (non-hydrogen) atoms. The summed E-state index contributed by atoms with van der Waals surface area (Å²) in [5, 5.41) is 13.6. The highest BCUT2D eigenvalue weighted by Gasteiger charge is 2.19. The predicted molar refractivity (Wildman–Crippen MR) is 227 cm³/mol. The quantitative estimate of drug-likeness (QED) is 0.0833. The molecule has 1 fully saturated rings. The van der Waals surface area contributed by atoms with Crippen molar-refractivity contribution in [3.05, 3.63) is 102 Å². The Bertz CT molecular complexity index is 2360. The van der Waals surface area contributed by atoms with Crippen molar-refractivity contribution < 1.29 is 27.5 Å². The van der Waals surface area contributed by atoms with Crippen LogP contribution < -0.4 is 35.5 Å². The van der Waals surface area contributed by atoms with Gasteiger partial charge in [-0.3, -0.25) is 14.4 Å². The molecule has 0 atom stereocenters. The van der Waals surface area contributed by atoms with E-state index < -0.39 is 16.1 Å². The number of methoxy groups -OCH3 is 1. The zero-order chi connectivity index (χ0) is 40.7. The molecule has 5 N–H and O–H groups in total. The van der Waals surface area contributed by atoms with E-state index in [1.54, 1.807) is 60.8 Å². The molecule has 14 nitrogen and oxygen atoms in total. The van der Waals surface area contributed by atoms with Crippen LogP contribution in [0.3, 0.4) is 0 Å². The van der Waals surface area contributed by atoms with Gasteiger partial charge < -0.3 is 35.6 Å². The van der Waals surface area contributed by atoms with Gasteiger partial charge in [-0.25, -0.2) is 18.2 Å². The number of aromatic nitrogens is 1. The summed E-state index contributed by atoms with van der Waals surface area (Å²) in [6, 6.07) is 24.5. The Morgan fingerprint density at radius 1 is 0.825 bits per heavy atom. The third-order valence-electron chi connectivity index (χ3n) is 9.48. The number of sulfonamides is 1. The number of ether oxygens (including phenoxy) is 2. The SMILES string of the molecule is COc1cc(Nc2cc(Oc3ccc(NC(=O)Nc4cc(NS(C)(=O)=O)cc(C(C)(C)C)c4)c4ccccc34)ccn2)ccc1C(=O)NCCN1CCN(C)CC1. The minimum atomic E-state index is -3.53. The standard InChI is InChI=1S/C42H50N8O6S/c1-42(2,3)28-23-30(25-31(24-28)48-57(6,53)54)46-41(52)47-36-13-14-37(34-10-8-7-9-33(34)36)56-32-15-16-43-39(27-32)45-29-11-12-35(38(26-29)55-5)40(51)44-17-18-50-21-19-49(4)20-22-50/h7-16,23-27,48H,17-22H2,1-6H3,(H,43,45)(H,44,51)(H2,46,47,52). The average Bonchev–Trinajstić information content (AvgIpc) is 3.15. The van der Waals surface area contributed by atoms with Crippen molar-refractivity contribution in [1.82, 2.24) is 20.1 Å². The number of rotatable bonds is 13. The lowest BCUT2D eigenvalue weighted by molar-refractivity contribution is 0.0938. The maximum absolute atomic E-state index is 13.3. The zero-order valence-electron chi connectivity index (χ0n) is 33.1. The summed E-state index contributed by atoms with van der Waals surface area (Å²) in [5.74, 6) is 1.84. The Morgan fingerprint density at radius 2 is 1.56 bits per heavy atom. The average molecular weight is 795 g/mol. The first kappa shape index (κ1) is 40.8. The summed E-state index contributed by atoms with van der Waals surface area (Å²) in [7, 11) is 0.125. The highest BCUT2D eigenvalue weighted by molar-refractivity contribution is 7.92. The van der Waals surface area contributed by atoms with E-state index in [1.807, 2.05) is 51.1 Å². The van der Waals surface area contributed by atoms with Crippen molar-refractivity contribution >= 4 is 61.3 Å². The molecule has 0 bridgehead atoms. The molecular formula is C42H50N8O6S. The number of pyridine rings is 1. The normalized spacial score (nSPS) is 13.8. The van der Waals surface area contributed by atoms with Gasteiger partial charge in [0.2, 0.25) is 10.0 Å². The number of benzene rings is 4. The van der Waals surface area contributed by atoms with Crippen LogP contribution in [-0.2, 0) is 15.4 Å². The molecule has 300 valence electrons. The minimum absolute atomic E-state index is 0.195. The van der Waals surface area contributed by atoms with E-state index in [1.165, 1.54) is 7.11 Å². The van der Waals surface area contributed by atoms with Gasteiger partial charge >= 0.3 is 6.03 Å². The number of hydrogen-bond donors (Lipinski definition) is 5. The van der Waals surface area contributed by atoms with Crippen LogP contribution in [0.2, 0.25) is 0 Å². The number of nitrogens with one attached hydrogen (secondary N) is 5. The van der Waals surface area contributed by atoms with Crippen LogP contribution in [0.1, 0.15) is 36.7 Å². The Kier molecular flexibility index (Phi) is 12.5. The third kappa shape index (κ3) is 11.1. The van der Waals surface area contributed by atoms with Crippen LogP contribution in [0.4, 0.5) is 33.4 Å². The van der Waals surface area contributed by atoms with Gasteiger partial charge in [0.15, 0.2) is 0 Å². The maximum Gasteiger partial charge on any atom is 0.323 e. The second kappa shape index (κ2) is 17.5. The minimum Gasteiger partial charge on any atom is -0.496 e. The van der Waals surface area contributed by atoms with Gasteiger partial charge in [-0.1, -0.05) is 45.0 Å². The Balaban J connectivity index is 1.12. The highest BCUT2D eigenvalue weighted by atomic mass is 32.2. The number of nitrogens with zero attached hydrogens (tertiary/aromatic N) is 3. The number of hydrogen-bond acceptors (Lipinski definition) is 10. The fraction of sp³-hybridized carbons (Fsp3) is 0.310. The lowest BCUT2D eigenvalue weighted by Gasteiger charge is -2.32. The smallest absolute Gasteiger partial charge is 0.323 e. The Hall–Kier alpha value is -5.90. The molecule has 1 aromatic heterocycles. The molecule has 5 aromatic rings. The second-order valence-corrected chi connectivity index (χ2v) is 16.8. The molecule has 3 amide bonds. The van der Waals surface area contributed by atoms with E-state index in [9.17, 15) is 18.0 Å². The summed E-state index contributed by atoms with van der Waals surface area (Å²) in [4.78, 5) is 35.4. The van der Waals surface area contributed by atoms with Crippen LogP contribution in [0, 0.1) is 0 Å². The molecule has 1 saturated heterocycles. The lowest BCUT2D eigenvalue weighted by Crippen LogP contribution is -2.46. The topological polar surface area (TPSA) is 166 Å². The fourth-order valence-electron chi connectivity index (χ4n) is 6.43. The van der Waals surface area contributed by atoms with E-state index in [-0.39, 0.29) is 11.3 Å². The summed E-state index contributed by atoms with van der Waals surface area (Å²) in [6.45, 7) is 11.4.